The minimum absolute atomic E-state index is 0.233. The van der Waals surface area contributed by atoms with E-state index in [9.17, 15) is 9.59 Å². The molecule has 0 aliphatic carbocycles. The molecule has 1 atom stereocenters. The lowest BCUT2D eigenvalue weighted by Crippen LogP contribution is -2.41. The van der Waals surface area contributed by atoms with Crippen molar-refractivity contribution in [1.82, 2.24) is 5.32 Å². The van der Waals surface area contributed by atoms with E-state index in [0.717, 1.165) is 11.3 Å². The highest BCUT2D eigenvalue weighted by molar-refractivity contribution is 8.00. The predicted molar refractivity (Wildman–Crippen MR) is 76.4 cm³/mol. The van der Waals surface area contributed by atoms with E-state index < -0.39 is 12.0 Å². The van der Waals surface area contributed by atoms with E-state index in [1.54, 1.807) is 0 Å². The molecule has 2 N–H and O–H groups in total. The van der Waals surface area contributed by atoms with Crippen molar-refractivity contribution in [2.45, 2.75) is 37.6 Å². The third-order valence-corrected chi connectivity index (χ3v) is 3.61. The van der Waals surface area contributed by atoms with Gasteiger partial charge < -0.3 is 10.4 Å². The first-order valence-electron chi connectivity index (χ1n) is 6.24. The van der Waals surface area contributed by atoms with Crippen LogP contribution in [0.15, 0.2) is 29.2 Å². The summed E-state index contributed by atoms with van der Waals surface area (Å²) in [6.45, 7) is 3.90. The second-order valence-electron chi connectivity index (χ2n) is 4.35. The average Bonchev–Trinajstić information content (AvgIpc) is 2.37. The van der Waals surface area contributed by atoms with Gasteiger partial charge in [-0.05, 0) is 25.5 Å². The number of benzene rings is 1. The molecule has 0 saturated carbocycles. The third-order valence-electron chi connectivity index (χ3n) is 2.60. The van der Waals surface area contributed by atoms with E-state index in [2.05, 4.69) is 5.32 Å². The zero-order valence-electron chi connectivity index (χ0n) is 11.2. The minimum atomic E-state index is -0.976. The van der Waals surface area contributed by atoms with Crippen LogP contribution < -0.4 is 5.32 Å². The molecule has 0 aliphatic heterocycles. The van der Waals surface area contributed by atoms with Crippen LogP contribution in [0.1, 0.15) is 25.3 Å². The Kier molecular flexibility index (Phi) is 6.42. The fourth-order valence-corrected chi connectivity index (χ4v) is 2.28. The van der Waals surface area contributed by atoms with Crippen LogP contribution in [-0.2, 0) is 9.59 Å². The number of hydrogen-bond donors (Lipinski definition) is 2. The Bertz CT molecular complexity index is 431. The molecule has 0 aliphatic rings. The lowest BCUT2D eigenvalue weighted by Gasteiger charge is -2.13. The first-order valence-corrected chi connectivity index (χ1v) is 7.23. The summed E-state index contributed by atoms with van der Waals surface area (Å²) in [6, 6.07) is 7.09. The highest BCUT2D eigenvalue weighted by Crippen LogP contribution is 2.17. The van der Waals surface area contributed by atoms with Crippen LogP contribution in [-0.4, -0.2) is 28.8 Å². The Hall–Kier alpha value is -1.49. The Morgan fingerprint density at radius 1 is 1.32 bits per heavy atom. The fourth-order valence-electron chi connectivity index (χ4n) is 1.57. The third kappa shape index (κ3) is 5.79. The normalized spacial score (nSPS) is 11.9. The zero-order valence-corrected chi connectivity index (χ0v) is 12.0. The lowest BCUT2D eigenvalue weighted by atomic mass is 10.2. The van der Waals surface area contributed by atoms with Crippen LogP contribution in [0.2, 0.25) is 0 Å². The molecule has 0 fully saturated rings. The summed E-state index contributed by atoms with van der Waals surface area (Å²) in [4.78, 5) is 23.6. The molecule has 1 aromatic rings. The zero-order chi connectivity index (χ0) is 14.3. The molecule has 4 nitrogen and oxygen atoms in total. The molecular weight excluding hydrogens is 262 g/mol. The van der Waals surface area contributed by atoms with E-state index >= 15 is 0 Å². The second kappa shape index (κ2) is 7.84. The van der Waals surface area contributed by atoms with Crippen LogP contribution in [0.25, 0.3) is 0 Å². The fraction of sp³-hybridized carbons (Fsp3) is 0.429. The van der Waals surface area contributed by atoms with Crippen molar-refractivity contribution in [1.29, 1.82) is 0 Å². The van der Waals surface area contributed by atoms with Gasteiger partial charge in [-0.3, -0.25) is 4.79 Å². The molecule has 0 heterocycles. The topological polar surface area (TPSA) is 66.4 Å². The van der Waals surface area contributed by atoms with Crippen molar-refractivity contribution in [2.24, 2.45) is 0 Å². The van der Waals surface area contributed by atoms with Gasteiger partial charge in [-0.25, -0.2) is 4.79 Å². The van der Waals surface area contributed by atoms with E-state index in [4.69, 9.17) is 5.11 Å². The summed E-state index contributed by atoms with van der Waals surface area (Å²) < 4.78 is 0. The number of aryl methyl sites for hydroxylation is 1. The van der Waals surface area contributed by atoms with Gasteiger partial charge in [0, 0.05) is 4.90 Å². The highest BCUT2D eigenvalue weighted by atomic mass is 32.2. The standard InChI is InChI=1S/C14H19NO3S/c1-3-4-12(14(17)18)15-13(16)9-19-11-7-5-10(2)6-8-11/h5-8,12H,3-4,9H2,1-2H3,(H,15,16)(H,17,18)/t12-/m1/s1. The number of carboxylic acids is 1. The van der Waals surface area contributed by atoms with Crippen molar-refractivity contribution >= 4 is 23.6 Å². The summed E-state index contributed by atoms with van der Waals surface area (Å²) >= 11 is 1.40. The molecule has 19 heavy (non-hydrogen) atoms. The molecular formula is C14H19NO3S. The van der Waals surface area contributed by atoms with Gasteiger partial charge in [-0.2, -0.15) is 0 Å². The van der Waals surface area contributed by atoms with Crippen LogP contribution >= 0.6 is 11.8 Å². The summed E-state index contributed by atoms with van der Waals surface area (Å²) in [5.41, 5.74) is 1.17. The molecule has 5 heteroatoms. The van der Waals surface area contributed by atoms with Crippen molar-refractivity contribution in [3.63, 3.8) is 0 Å². The summed E-state index contributed by atoms with van der Waals surface area (Å²) in [5.74, 6) is -0.988. The maximum atomic E-state index is 11.7. The van der Waals surface area contributed by atoms with E-state index in [-0.39, 0.29) is 11.7 Å². The Morgan fingerprint density at radius 3 is 2.47 bits per heavy atom. The number of rotatable bonds is 7. The second-order valence-corrected chi connectivity index (χ2v) is 5.40. The molecule has 1 aromatic carbocycles. The molecule has 0 aromatic heterocycles. The number of amides is 1. The first kappa shape index (κ1) is 15.6. The summed E-state index contributed by atoms with van der Waals surface area (Å²) in [6.07, 6.45) is 1.18. The molecule has 0 unspecified atom stereocenters. The maximum absolute atomic E-state index is 11.7. The van der Waals surface area contributed by atoms with Crippen LogP contribution in [0.5, 0.6) is 0 Å². The summed E-state index contributed by atoms with van der Waals surface area (Å²) in [5, 5.41) is 11.5. The van der Waals surface area contributed by atoms with Crippen molar-refractivity contribution < 1.29 is 14.7 Å². The molecule has 0 spiro atoms. The van der Waals surface area contributed by atoms with Gasteiger partial charge in [0.25, 0.3) is 0 Å². The average molecular weight is 281 g/mol. The van der Waals surface area contributed by atoms with E-state index in [1.807, 2.05) is 38.1 Å². The quantitative estimate of drug-likeness (QED) is 0.753. The van der Waals surface area contributed by atoms with Gasteiger partial charge in [-0.1, -0.05) is 31.0 Å². The molecule has 1 rings (SSSR count). The number of carboxylic acid groups (broad SMARTS) is 1. The molecule has 0 saturated heterocycles. The highest BCUT2D eigenvalue weighted by Gasteiger charge is 2.18. The first-order chi connectivity index (χ1) is 9.02. The Balaban J connectivity index is 2.42. The van der Waals surface area contributed by atoms with Gasteiger partial charge in [0.05, 0.1) is 5.75 Å². The number of nitrogens with one attached hydrogen (secondary N) is 1. The van der Waals surface area contributed by atoms with Gasteiger partial charge in [0.1, 0.15) is 6.04 Å². The summed E-state index contributed by atoms with van der Waals surface area (Å²) in [7, 11) is 0. The van der Waals surface area contributed by atoms with Gasteiger partial charge >= 0.3 is 5.97 Å². The maximum Gasteiger partial charge on any atom is 0.326 e. The minimum Gasteiger partial charge on any atom is -0.480 e. The predicted octanol–water partition coefficient (Wildman–Crippen LogP) is 2.46. The number of hydrogen-bond acceptors (Lipinski definition) is 3. The van der Waals surface area contributed by atoms with Crippen molar-refractivity contribution in [3.05, 3.63) is 29.8 Å². The van der Waals surface area contributed by atoms with Crippen LogP contribution in [0, 0.1) is 6.92 Å². The van der Waals surface area contributed by atoms with E-state index in [0.29, 0.717) is 6.42 Å². The number of carbonyl (C=O) groups is 2. The van der Waals surface area contributed by atoms with Gasteiger partial charge in [-0.15, -0.1) is 11.8 Å². The number of carbonyl (C=O) groups excluding carboxylic acids is 1. The molecule has 0 bridgehead atoms. The van der Waals surface area contributed by atoms with Gasteiger partial charge in [0.2, 0.25) is 5.91 Å². The van der Waals surface area contributed by atoms with Crippen molar-refractivity contribution in [2.75, 3.05) is 5.75 Å². The Morgan fingerprint density at radius 2 is 1.95 bits per heavy atom. The van der Waals surface area contributed by atoms with Crippen LogP contribution in [0.3, 0.4) is 0 Å². The van der Waals surface area contributed by atoms with Crippen molar-refractivity contribution in [3.8, 4) is 0 Å². The molecule has 104 valence electrons. The lowest BCUT2D eigenvalue weighted by molar-refractivity contribution is -0.141. The van der Waals surface area contributed by atoms with E-state index in [1.165, 1.54) is 17.3 Å². The molecule has 1 amide bonds. The monoisotopic (exact) mass is 281 g/mol. The van der Waals surface area contributed by atoms with Gasteiger partial charge in [0.15, 0.2) is 0 Å². The number of thioether (sulfide) groups is 1. The number of aliphatic carboxylic acids is 1. The largest absolute Gasteiger partial charge is 0.480 e. The SMILES string of the molecule is CCC[C@@H](NC(=O)CSc1ccc(C)cc1)C(=O)O. The Labute approximate surface area is 117 Å². The van der Waals surface area contributed by atoms with Crippen LogP contribution in [0.4, 0.5) is 0 Å². The molecule has 0 radical (unpaired) electrons. The smallest absolute Gasteiger partial charge is 0.326 e.